The van der Waals surface area contributed by atoms with Crippen LogP contribution in [0, 0.1) is 0 Å². The van der Waals surface area contributed by atoms with Crippen molar-refractivity contribution in [3.8, 4) is 5.75 Å². The Morgan fingerprint density at radius 2 is 1.79 bits per heavy atom. The van der Waals surface area contributed by atoms with Crippen LogP contribution in [0.4, 0.5) is 0 Å². The monoisotopic (exact) mass is 512 g/mol. The highest BCUT2D eigenvalue weighted by molar-refractivity contribution is 9.10. The van der Waals surface area contributed by atoms with Crippen LogP contribution in [0.5, 0.6) is 5.75 Å². The summed E-state index contributed by atoms with van der Waals surface area (Å²) in [5, 5.41) is 1.85. The Kier molecular flexibility index (Phi) is 7.97. The molecular weight excluding hydrogens is 484 g/mol. The average Bonchev–Trinajstić information content (AvgIpc) is 2.76. The van der Waals surface area contributed by atoms with Crippen molar-refractivity contribution in [2.75, 3.05) is 11.6 Å². The number of rotatable bonds is 8. The summed E-state index contributed by atoms with van der Waals surface area (Å²) in [6.45, 7) is 8.67. The maximum absolute atomic E-state index is 13.1. The van der Waals surface area contributed by atoms with Gasteiger partial charge < -0.3 is 14.5 Å². The second kappa shape index (κ2) is 10.7. The summed E-state index contributed by atoms with van der Waals surface area (Å²) in [4.78, 5) is 25.7. The van der Waals surface area contributed by atoms with Crippen LogP contribution in [-0.2, 0) is 17.9 Å². The highest BCUT2D eigenvalue weighted by atomic mass is 79.9. The lowest BCUT2D eigenvalue weighted by atomic mass is 10.2. The molecule has 0 N–H and O–H groups in total. The Bertz CT molecular complexity index is 1150. The van der Waals surface area contributed by atoms with Crippen molar-refractivity contribution in [2.45, 2.75) is 46.4 Å². The van der Waals surface area contributed by atoms with Crippen LogP contribution in [0.2, 0.25) is 0 Å². The molecule has 0 aliphatic carbocycles. The van der Waals surface area contributed by atoms with E-state index in [1.807, 2.05) is 60.5 Å². The van der Waals surface area contributed by atoms with Gasteiger partial charge in [0.2, 0.25) is 0 Å². The van der Waals surface area contributed by atoms with Crippen LogP contribution in [0.15, 0.2) is 76.1 Å². The second-order valence-electron chi connectivity index (χ2n) is 8.58. The molecule has 7 heteroatoms. The molecule has 0 unspecified atom stereocenters. The molecule has 0 saturated carbocycles. The standard InChI is InChI=1S/C26H29BrN2O4/c1-5-28(29-15-9-12-22(24(29)30)25(31)33-26(2,3)4)17-20-16-21(27)13-14-23(20)32-18-19-10-7-6-8-11-19/h6-16H,5,17-18H2,1-4H3. The number of nitrogens with zero attached hydrogens (tertiary/aromatic N) is 2. The van der Waals surface area contributed by atoms with Crippen molar-refractivity contribution in [1.29, 1.82) is 0 Å². The van der Waals surface area contributed by atoms with E-state index in [-0.39, 0.29) is 5.56 Å². The molecule has 33 heavy (non-hydrogen) atoms. The van der Waals surface area contributed by atoms with E-state index in [4.69, 9.17) is 9.47 Å². The van der Waals surface area contributed by atoms with Crippen molar-refractivity contribution >= 4 is 21.9 Å². The van der Waals surface area contributed by atoms with Crippen molar-refractivity contribution in [3.63, 3.8) is 0 Å². The number of aromatic nitrogens is 1. The van der Waals surface area contributed by atoms with Gasteiger partial charge in [-0.2, -0.15) is 0 Å². The molecule has 0 atom stereocenters. The molecule has 174 valence electrons. The lowest BCUT2D eigenvalue weighted by molar-refractivity contribution is 0.00668. The van der Waals surface area contributed by atoms with Gasteiger partial charge in [-0.3, -0.25) is 4.79 Å². The van der Waals surface area contributed by atoms with Gasteiger partial charge in [0.1, 0.15) is 23.5 Å². The number of ether oxygens (including phenoxy) is 2. The number of halogens is 1. The smallest absolute Gasteiger partial charge is 0.344 e. The van der Waals surface area contributed by atoms with E-state index in [2.05, 4.69) is 15.9 Å². The minimum atomic E-state index is -0.685. The first-order chi connectivity index (χ1) is 15.7. The van der Waals surface area contributed by atoms with E-state index < -0.39 is 17.1 Å². The van der Waals surface area contributed by atoms with E-state index >= 15 is 0 Å². The Balaban J connectivity index is 1.87. The molecule has 2 aromatic carbocycles. The Hall–Kier alpha value is -3.06. The van der Waals surface area contributed by atoms with Crippen molar-refractivity contribution in [2.24, 2.45) is 0 Å². The Labute approximate surface area is 202 Å². The van der Waals surface area contributed by atoms with Gasteiger partial charge in [0, 0.05) is 22.8 Å². The third-order valence-corrected chi connectivity index (χ3v) is 5.32. The van der Waals surface area contributed by atoms with Gasteiger partial charge >= 0.3 is 5.97 Å². The molecule has 1 heterocycles. The fraction of sp³-hybridized carbons (Fsp3) is 0.308. The lowest BCUT2D eigenvalue weighted by Gasteiger charge is -2.27. The fourth-order valence-corrected chi connectivity index (χ4v) is 3.69. The molecule has 3 aromatic rings. The number of benzene rings is 2. The van der Waals surface area contributed by atoms with E-state index in [9.17, 15) is 9.59 Å². The first-order valence-corrected chi connectivity index (χ1v) is 11.6. The number of carbonyl (C=O) groups excluding carboxylic acids is 1. The Morgan fingerprint density at radius 3 is 2.45 bits per heavy atom. The quantitative estimate of drug-likeness (QED) is 0.383. The van der Waals surface area contributed by atoms with Gasteiger partial charge in [0.25, 0.3) is 5.56 Å². The molecule has 6 nitrogen and oxygen atoms in total. The summed E-state index contributed by atoms with van der Waals surface area (Å²) < 4.78 is 13.9. The molecule has 0 aliphatic heterocycles. The van der Waals surface area contributed by atoms with Gasteiger partial charge in [-0.15, -0.1) is 0 Å². The predicted molar refractivity (Wildman–Crippen MR) is 133 cm³/mol. The van der Waals surface area contributed by atoms with Gasteiger partial charge in [-0.25, -0.2) is 9.47 Å². The summed E-state index contributed by atoms with van der Waals surface area (Å²) in [6.07, 6.45) is 1.65. The van der Waals surface area contributed by atoms with Crippen LogP contribution in [0.1, 0.15) is 49.2 Å². The van der Waals surface area contributed by atoms with E-state index in [1.165, 1.54) is 10.7 Å². The third-order valence-electron chi connectivity index (χ3n) is 4.83. The summed E-state index contributed by atoms with van der Waals surface area (Å²) in [5.74, 6) is 0.101. The number of carbonyl (C=O) groups is 1. The SMILES string of the molecule is CCN(Cc1cc(Br)ccc1OCc1ccccc1)n1cccc(C(=O)OC(C)(C)C)c1=O. The maximum Gasteiger partial charge on any atom is 0.344 e. The molecule has 1 aromatic heterocycles. The molecule has 0 radical (unpaired) electrons. The largest absolute Gasteiger partial charge is 0.489 e. The molecule has 0 fully saturated rings. The summed E-state index contributed by atoms with van der Waals surface area (Å²) >= 11 is 3.53. The zero-order valence-corrected chi connectivity index (χ0v) is 21.0. The number of hydrogen-bond donors (Lipinski definition) is 0. The van der Waals surface area contributed by atoms with Crippen LogP contribution in [0.3, 0.4) is 0 Å². The molecule has 0 amide bonds. The number of esters is 1. The molecular formula is C26H29BrN2O4. The van der Waals surface area contributed by atoms with Crippen LogP contribution < -0.4 is 15.3 Å². The van der Waals surface area contributed by atoms with Crippen LogP contribution in [-0.4, -0.2) is 22.8 Å². The molecule has 3 rings (SSSR count). The fourth-order valence-electron chi connectivity index (χ4n) is 3.28. The van der Waals surface area contributed by atoms with Crippen molar-refractivity contribution in [3.05, 3.63) is 98.4 Å². The Morgan fingerprint density at radius 1 is 1.06 bits per heavy atom. The van der Waals surface area contributed by atoms with Crippen molar-refractivity contribution in [1.82, 2.24) is 4.68 Å². The van der Waals surface area contributed by atoms with E-state index in [0.717, 1.165) is 21.3 Å². The summed E-state index contributed by atoms with van der Waals surface area (Å²) in [6, 6.07) is 18.9. The van der Waals surface area contributed by atoms with Crippen LogP contribution in [0.25, 0.3) is 0 Å². The summed E-state index contributed by atoms with van der Waals surface area (Å²) in [5.41, 5.74) is 0.878. The minimum absolute atomic E-state index is 0.000619. The molecule has 0 saturated heterocycles. The molecule has 0 spiro atoms. The highest BCUT2D eigenvalue weighted by Crippen LogP contribution is 2.25. The van der Waals surface area contributed by atoms with Crippen LogP contribution >= 0.6 is 15.9 Å². The normalized spacial score (nSPS) is 11.2. The topological polar surface area (TPSA) is 60.8 Å². The second-order valence-corrected chi connectivity index (χ2v) is 9.50. The summed E-state index contributed by atoms with van der Waals surface area (Å²) in [7, 11) is 0. The predicted octanol–water partition coefficient (Wildman–Crippen LogP) is 5.30. The first kappa shape index (κ1) is 24.6. The minimum Gasteiger partial charge on any atom is -0.489 e. The van der Waals surface area contributed by atoms with Crippen molar-refractivity contribution < 1.29 is 14.3 Å². The van der Waals surface area contributed by atoms with Gasteiger partial charge in [-0.1, -0.05) is 46.3 Å². The zero-order chi connectivity index (χ0) is 24.0. The van der Waals surface area contributed by atoms with Gasteiger partial charge in [-0.05, 0) is 63.6 Å². The zero-order valence-electron chi connectivity index (χ0n) is 19.4. The number of hydrogen-bond acceptors (Lipinski definition) is 5. The first-order valence-electron chi connectivity index (χ1n) is 10.8. The lowest BCUT2D eigenvalue weighted by Crippen LogP contribution is -2.43. The van der Waals surface area contributed by atoms with Gasteiger partial charge in [0.15, 0.2) is 0 Å². The van der Waals surface area contributed by atoms with E-state index in [1.54, 1.807) is 33.0 Å². The molecule has 0 bridgehead atoms. The number of pyridine rings is 1. The molecule has 0 aliphatic rings. The highest BCUT2D eigenvalue weighted by Gasteiger charge is 2.22. The van der Waals surface area contributed by atoms with Gasteiger partial charge in [0.05, 0.1) is 6.54 Å². The average molecular weight is 513 g/mol. The van der Waals surface area contributed by atoms with E-state index in [0.29, 0.717) is 19.7 Å². The maximum atomic E-state index is 13.1. The third kappa shape index (κ3) is 6.71.